The molecule has 1 heterocycles. The van der Waals surface area contributed by atoms with Crippen LogP contribution in [0.15, 0.2) is 17.3 Å². The lowest BCUT2D eigenvalue weighted by atomic mass is 10.0. The SMILES string of the molecule is Cc1nc(C(N)=NO)ccc1CC(C)C. The Balaban J connectivity index is 2.98. The van der Waals surface area contributed by atoms with Crippen molar-refractivity contribution in [1.29, 1.82) is 0 Å². The first-order chi connectivity index (χ1) is 7.04. The molecule has 4 nitrogen and oxygen atoms in total. The molecular formula is C11H17N3O. The molecule has 0 aliphatic heterocycles. The van der Waals surface area contributed by atoms with E-state index in [1.165, 1.54) is 5.56 Å². The van der Waals surface area contributed by atoms with Gasteiger partial charge in [0.1, 0.15) is 5.69 Å². The number of aryl methyl sites for hydroxylation is 1. The molecule has 0 radical (unpaired) electrons. The van der Waals surface area contributed by atoms with Crippen molar-refractivity contribution in [2.75, 3.05) is 0 Å². The van der Waals surface area contributed by atoms with E-state index in [1.807, 2.05) is 13.0 Å². The first-order valence-corrected chi connectivity index (χ1v) is 4.99. The molecule has 15 heavy (non-hydrogen) atoms. The van der Waals surface area contributed by atoms with Crippen LogP contribution < -0.4 is 5.73 Å². The molecule has 0 aliphatic carbocycles. The Morgan fingerprint density at radius 2 is 2.20 bits per heavy atom. The molecule has 0 bridgehead atoms. The number of aromatic nitrogens is 1. The highest BCUT2D eigenvalue weighted by molar-refractivity contribution is 5.95. The second-order valence-electron chi connectivity index (χ2n) is 4.02. The number of nitrogens with zero attached hydrogens (tertiary/aromatic N) is 2. The van der Waals surface area contributed by atoms with E-state index in [0.717, 1.165) is 12.1 Å². The second kappa shape index (κ2) is 4.77. The van der Waals surface area contributed by atoms with Crippen LogP contribution in [-0.4, -0.2) is 16.0 Å². The lowest BCUT2D eigenvalue weighted by molar-refractivity contribution is 0.318. The lowest BCUT2D eigenvalue weighted by Crippen LogP contribution is -2.16. The van der Waals surface area contributed by atoms with E-state index in [4.69, 9.17) is 10.9 Å². The Bertz CT molecular complexity index is 372. The summed E-state index contributed by atoms with van der Waals surface area (Å²) in [4.78, 5) is 4.28. The number of nitrogens with two attached hydrogens (primary N) is 1. The third-order valence-corrected chi connectivity index (χ3v) is 2.19. The third-order valence-electron chi connectivity index (χ3n) is 2.19. The number of rotatable bonds is 3. The number of oxime groups is 1. The van der Waals surface area contributed by atoms with E-state index in [2.05, 4.69) is 24.0 Å². The van der Waals surface area contributed by atoms with Gasteiger partial charge in [0, 0.05) is 5.69 Å². The Kier molecular flexibility index (Phi) is 3.66. The van der Waals surface area contributed by atoms with Crippen LogP contribution in [0.3, 0.4) is 0 Å². The van der Waals surface area contributed by atoms with E-state index < -0.39 is 0 Å². The zero-order chi connectivity index (χ0) is 11.4. The molecular weight excluding hydrogens is 190 g/mol. The average Bonchev–Trinajstić information content (AvgIpc) is 2.19. The van der Waals surface area contributed by atoms with Gasteiger partial charge in [0.15, 0.2) is 5.84 Å². The summed E-state index contributed by atoms with van der Waals surface area (Å²) in [5, 5.41) is 11.4. The van der Waals surface area contributed by atoms with Gasteiger partial charge in [-0.15, -0.1) is 0 Å². The average molecular weight is 207 g/mol. The third kappa shape index (κ3) is 2.94. The molecule has 4 heteroatoms. The molecule has 0 aliphatic rings. The normalized spacial score (nSPS) is 12.1. The molecule has 0 atom stereocenters. The Hall–Kier alpha value is -1.58. The maximum atomic E-state index is 8.52. The summed E-state index contributed by atoms with van der Waals surface area (Å²) in [6.45, 7) is 6.26. The zero-order valence-corrected chi connectivity index (χ0v) is 9.36. The molecule has 0 saturated heterocycles. The topological polar surface area (TPSA) is 71.5 Å². The van der Waals surface area contributed by atoms with Crippen LogP contribution in [0.5, 0.6) is 0 Å². The van der Waals surface area contributed by atoms with Gasteiger partial charge in [-0.1, -0.05) is 25.1 Å². The Labute approximate surface area is 89.8 Å². The van der Waals surface area contributed by atoms with Crippen molar-refractivity contribution >= 4 is 5.84 Å². The molecule has 0 spiro atoms. The molecule has 0 saturated carbocycles. The largest absolute Gasteiger partial charge is 0.409 e. The van der Waals surface area contributed by atoms with Gasteiger partial charge in [0.25, 0.3) is 0 Å². The first kappa shape index (κ1) is 11.5. The van der Waals surface area contributed by atoms with Crippen molar-refractivity contribution in [2.24, 2.45) is 16.8 Å². The standard InChI is InChI=1S/C11H17N3O/c1-7(2)6-9-4-5-10(11(12)14-15)13-8(9)3/h4-5,7,15H,6H2,1-3H3,(H2,12,14). The van der Waals surface area contributed by atoms with Gasteiger partial charge in [0.05, 0.1) is 0 Å². The molecule has 1 aromatic rings. The number of pyridine rings is 1. The van der Waals surface area contributed by atoms with Gasteiger partial charge in [0.2, 0.25) is 0 Å². The smallest absolute Gasteiger partial charge is 0.188 e. The van der Waals surface area contributed by atoms with Crippen molar-refractivity contribution in [1.82, 2.24) is 4.98 Å². The lowest BCUT2D eigenvalue weighted by Gasteiger charge is -2.08. The van der Waals surface area contributed by atoms with Crippen LogP contribution in [0.25, 0.3) is 0 Å². The summed E-state index contributed by atoms with van der Waals surface area (Å²) in [6.07, 6.45) is 0.995. The minimum atomic E-state index is 0.0502. The van der Waals surface area contributed by atoms with Gasteiger partial charge in [-0.05, 0) is 30.9 Å². The van der Waals surface area contributed by atoms with Crippen LogP contribution in [0, 0.1) is 12.8 Å². The van der Waals surface area contributed by atoms with Crippen LogP contribution in [-0.2, 0) is 6.42 Å². The van der Waals surface area contributed by atoms with Crippen LogP contribution in [0.2, 0.25) is 0 Å². The van der Waals surface area contributed by atoms with Crippen molar-refractivity contribution in [3.05, 3.63) is 29.1 Å². The van der Waals surface area contributed by atoms with Gasteiger partial charge in [-0.3, -0.25) is 0 Å². The van der Waals surface area contributed by atoms with Crippen molar-refractivity contribution < 1.29 is 5.21 Å². The van der Waals surface area contributed by atoms with E-state index in [0.29, 0.717) is 11.6 Å². The minimum Gasteiger partial charge on any atom is -0.409 e. The molecule has 3 N–H and O–H groups in total. The van der Waals surface area contributed by atoms with Gasteiger partial charge in [-0.25, -0.2) is 4.98 Å². The Morgan fingerprint density at radius 3 is 2.67 bits per heavy atom. The highest BCUT2D eigenvalue weighted by atomic mass is 16.4. The summed E-state index contributed by atoms with van der Waals surface area (Å²) in [6, 6.07) is 3.76. The monoisotopic (exact) mass is 207 g/mol. The highest BCUT2D eigenvalue weighted by Gasteiger charge is 2.06. The first-order valence-electron chi connectivity index (χ1n) is 4.99. The summed E-state index contributed by atoms with van der Waals surface area (Å²) < 4.78 is 0. The van der Waals surface area contributed by atoms with E-state index in [1.54, 1.807) is 6.07 Å². The van der Waals surface area contributed by atoms with Crippen molar-refractivity contribution in [3.63, 3.8) is 0 Å². The fourth-order valence-corrected chi connectivity index (χ4v) is 1.44. The van der Waals surface area contributed by atoms with Crippen LogP contribution >= 0.6 is 0 Å². The molecule has 0 amide bonds. The van der Waals surface area contributed by atoms with E-state index >= 15 is 0 Å². The number of hydrogen-bond acceptors (Lipinski definition) is 3. The highest BCUT2D eigenvalue weighted by Crippen LogP contribution is 2.12. The fraction of sp³-hybridized carbons (Fsp3) is 0.455. The van der Waals surface area contributed by atoms with E-state index in [9.17, 15) is 0 Å². The minimum absolute atomic E-state index is 0.0502. The van der Waals surface area contributed by atoms with Gasteiger partial charge in [-0.2, -0.15) is 0 Å². The van der Waals surface area contributed by atoms with E-state index in [-0.39, 0.29) is 5.84 Å². The molecule has 82 valence electrons. The Morgan fingerprint density at radius 1 is 1.53 bits per heavy atom. The maximum Gasteiger partial charge on any atom is 0.188 e. The van der Waals surface area contributed by atoms with Crippen molar-refractivity contribution in [3.8, 4) is 0 Å². The number of amidine groups is 1. The number of hydrogen-bond donors (Lipinski definition) is 2. The predicted octanol–water partition coefficient (Wildman–Crippen LogP) is 1.68. The second-order valence-corrected chi connectivity index (χ2v) is 4.02. The molecule has 0 fully saturated rings. The molecule has 0 aromatic carbocycles. The molecule has 0 unspecified atom stereocenters. The fourth-order valence-electron chi connectivity index (χ4n) is 1.44. The summed E-state index contributed by atoms with van der Waals surface area (Å²) >= 11 is 0. The molecule has 1 rings (SSSR count). The summed E-state index contributed by atoms with van der Waals surface area (Å²) in [7, 11) is 0. The van der Waals surface area contributed by atoms with Gasteiger partial charge >= 0.3 is 0 Å². The molecule has 1 aromatic heterocycles. The zero-order valence-electron chi connectivity index (χ0n) is 9.36. The summed E-state index contributed by atoms with van der Waals surface area (Å²) in [5.74, 6) is 0.648. The summed E-state index contributed by atoms with van der Waals surface area (Å²) in [5.41, 5.74) is 8.11. The maximum absolute atomic E-state index is 8.52. The van der Waals surface area contributed by atoms with Gasteiger partial charge < -0.3 is 10.9 Å². The quantitative estimate of drug-likeness (QED) is 0.343. The van der Waals surface area contributed by atoms with Crippen LogP contribution in [0.4, 0.5) is 0 Å². The predicted molar refractivity (Wildman–Crippen MR) is 60.0 cm³/mol. The van der Waals surface area contributed by atoms with Crippen LogP contribution in [0.1, 0.15) is 30.8 Å². The van der Waals surface area contributed by atoms with Crippen molar-refractivity contribution in [2.45, 2.75) is 27.2 Å².